The maximum Gasteiger partial charge on any atom is 0.474 e. The maximum absolute atomic E-state index is 10.8. The van der Waals surface area contributed by atoms with Crippen LogP contribution in [0.4, 0.5) is 5.95 Å². The minimum atomic E-state index is -0.0640. The Morgan fingerprint density at radius 2 is 2.28 bits per heavy atom. The highest BCUT2D eigenvalue weighted by Crippen LogP contribution is 2.24. The third-order valence-corrected chi connectivity index (χ3v) is 2.40. The van der Waals surface area contributed by atoms with Crippen LogP contribution in [0.1, 0.15) is 12.5 Å². The number of ketones is 1. The zero-order chi connectivity index (χ0) is 12.5. The average Bonchev–Trinajstić information content (AvgIpc) is 3.21. The SMILES string of the molecule is CC(=O)/C=C/c1cnc(/N=C2/OB2C2[B]O2)nc1. The number of rotatable bonds is 4. The number of allylic oxidation sites excluding steroid dienone is 1. The molecule has 1 radical (unpaired) electrons. The third kappa shape index (κ3) is 2.65. The van der Waals surface area contributed by atoms with Crippen molar-refractivity contribution < 1.29 is 14.1 Å². The molecule has 0 spiro atoms. The van der Waals surface area contributed by atoms with Crippen molar-refractivity contribution in [2.75, 3.05) is 0 Å². The average molecular weight is 240 g/mol. The fourth-order valence-corrected chi connectivity index (χ4v) is 1.37. The highest BCUT2D eigenvalue weighted by atomic mass is 16.6. The van der Waals surface area contributed by atoms with E-state index in [0.717, 1.165) is 5.56 Å². The van der Waals surface area contributed by atoms with Crippen molar-refractivity contribution in [2.24, 2.45) is 4.99 Å². The van der Waals surface area contributed by atoms with E-state index in [1.807, 2.05) is 0 Å². The second-order valence-electron chi connectivity index (χ2n) is 3.99. The molecule has 0 amide bonds. The van der Waals surface area contributed by atoms with Crippen LogP contribution >= 0.6 is 0 Å². The van der Waals surface area contributed by atoms with E-state index in [4.69, 9.17) is 9.31 Å². The Bertz CT molecular complexity index is 540. The van der Waals surface area contributed by atoms with Gasteiger partial charge in [0, 0.05) is 18.0 Å². The molecule has 2 fully saturated rings. The molecule has 1 atom stereocenters. The van der Waals surface area contributed by atoms with E-state index in [1.165, 1.54) is 13.0 Å². The summed E-state index contributed by atoms with van der Waals surface area (Å²) < 4.78 is 10.2. The lowest BCUT2D eigenvalue weighted by Crippen LogP contribution is -2.04. The summed E-state index contributed by atoms with van der Waals surface area (Å²) in [7, 11) is 1.70. The van der Waals surface area contributed by atoms with E-state index >= 15 is 0 Å². The molecule has 0 N–H and O–H groups in total. The molecule has 18 heavy (non-hydrogen) atoms. The molecule has 0 bridgehead atoms. The second kappa shape index (κ2) is 4.38. The van der Waals surface area contributed by atoms with Gasteiger partial charge in [-0.15, -0.1) is 0 Å². The van der Waals surface area contributed by atoms with Crippen LogP contribution in [0.2, 0.25) is 0 Å². The van der Waals surface area contributed by atoms with Gasteiger partial charge in [-0.3, -0.25) is 4.79 Å². The summed E-state index contributed by atoms with van der Waals surface area (Å²) in [6.45, 7) is 1.42. The fraction of sp³-hybridized carbons (Fsp3) is 0.200. The van der Waals surface area contributed by atoms with Crippen molar-refractivity contribution in [1.29, 1.82) is 0 Å². The highest BCUT2D eigenvalue weighted by molar-refractivity contribution is 7.04. The first kappa shape index (κ1) is 11.2. The Hall–Kier alpha value is -1.95. The molecule has 0 aliphatic carbocycles. The third-order valence-electron chi connectivity index (χ3n) is 2.40. The van der Waals surface area contributed by atoms with Crippen LogP contribution in [-0.2, 0) is 14.1 Å². The Kier molecular flexibility index (Phi) is 2.71. The van der Waals surface area contributed by atoms with E-state index in [-0.39, 0.29) is 18.6 Å². The lowest BCUT2D eigenvalue weighted by molar-refractivity contribution is -0.112. The van der Waals surface area contributed by atoms with Crippen molar-refractivity contribution >= 4 is 38.0 Å². The van der Waals surface area contributed by atoms with Crippen molar-refractivity contribution in [3.05, 3.63) is 24.0 Å². The number of aliphatic imine (C=N–C) groups is 1. The highest BCUT2D eigenvalue weighted by Gasteiger charge is 2.57. The first-order chi connectivity index (χ1) is 8.72. The summed E-state index contributed by atoms with van der Waals surface area (Å²) >= 11 is 0. The number of nitrogens with zero attached hydrogens (tertiary/aromatic N) is 3. The molecule has 3 rings (SSSR count). The zero-order valence-corrected chi connectivity index (χ0v) is 9.61. The molecule has 1 aromatic rings. The quantitative estimate of drug-likeness (QED) is 0.426. The van der Waals surface area contributed by atoms with Crippen LogP contribution < -0.4 is 0 Å². The molecule has 87 valence electrons. The topological polar surface area (TPSA) is 80.3 Å². The van der Waals surface area contributed by atoms with Crippen molar-refractivity contribution in [3.8, 4) is 0 Å². The van der Waals surface area contributed by atoms with E-state index in [0.29, 0.717) is 11.7 Å². The number of carbonyl (C=O) groups is 1. The molecule has 1 aromatic heterocycles. The summed E-state index contributed by atoms with van der Waals surface area (Å²) in [4.78, 5) is 23.0. The maximum atomic E-state index is 10.8. The molecule has 3 heterocycles. The Morgan fingerprint density at radius 1 is 1.56 bits per heavy atom. The van der Waals surface area contributed by atoms with Crippen LogP contribution in [0.25, 0.3) is 6.08 Å². The van der Waals surface area contributed by atoms with E-state index < -0.39 is 0 Å². The number of hydrogen-bond acceptors (Lipinski definition) is 6. The van der Waals surface area contributed by atoms with Gasteiger partial charge < -0.3 is 9.31 Å². The molecular weight excluding hydrogens is 232 g/mol. The molecule has 2 aliphatic heterocycles. The van der Waals surface area contributed by atoms with Crippen LogP contribution in [0.15, 0.2) is 23.5 Å². The molecular formula is C10H8B2N3O3. The lowest BCUT2D eigenvalue weighted by Gasteiger charge is -1.92. The number of hydrogen-bond donors (Lipinski definition) is 0. The fourth-order valence-electron chi connectivity index (χ4n) is 1.37. The van der Waals surface area contributed by atoms with Gasteiger partial charge in [-0.25, -0.2) is 9.97 Å². The number of carbonyl (C=O) groups excluding carboxylic acids is 1. The van der Waals surface area contributed by atoms with Crippen molar-refractivity contribution in [1.82, 2.24) is 9.97 Å². The van der Waals surface area contributed by atoms with Gasteiger partial charge in [0.15, 0.2) is 11.6 Å². The monoisotopic (exact) mass is 240 g/mol. The Balaban J connectivity index is 1.66. The molecule has 8 heteroatoms. The normalized spacial score (nSPS) is 22.8. The molecule has 2 aliphatic rings. The van der Waals surface area contributed by atoms with Gasteiger partial charge in [0.05, 0.1) is 5.90 Å². The Labute approximate surface area is 105 Å². The van der Waals surface area contributed by atoms with E-state index in [9.17, 15) is 4.79 Å². The molecule has 2 saturated heterocycles. The summed E-state index contributed by atoms with van der Waals surface area (Å²) in [5.74, 6) is 0.963. The van der Waals surface area contributed by atoms with Gasteiger partial charge in [0.1, 0.15) is 0 Å². The number of aromatic nitrogens is 2. The molecule has 1 unspecified atom stereocenters. The van der Waals surface area contributed by atoms with Gasteiger partial charge >= 0.3 is 14.4 Å². The van der Waals surface area contributed by atoms with Crippen LogP contribution in [0.5, 0.6) is 0 Å². The van der Waals surface area contributed by atoms with Crippen LogP contribution in [-0.4, -0.2) is 41.8 Å². The van der Waals surface area contributed by atoms with E-state index in [1.54, 1.807) is 26.0 Å². The largest absolute Gasteiger partial charge is 0.544 e. The van der Waals surface area contributed by atoms with Crippen LogP contribution in [0, 0.1) is 0 Å². The molecule has 6 nitrogen and oxygen atoms in total. The summed E-state index contributed by atoms with van der Waals surface area (Å²) in [6, 6.07) is 0. The van der Waals surface area contributed by atoms with Crippen LogP contribution in [0.3, 0.4) is 0 Å². The molecule has 0 saturated carbocycles. The van der Waals surface area contributed by atoms with E-state index in [2.05, 4.69) is 15.0 Å². The van der Waals surface area contributed by atoms with Gasteiger partial charge in [-0.2, -0.15) is 4.99 Å². The molecule has 0 aromatic carbocycles. The van der Waals surface area contributed by atoms with Gasteiger partial charge in [-0.05, 0) is 19.1 Å². The minimum absolute atomic E-state index is 0.0192. The first-order valence-corrected chi connectivity index (χ1v) is 5.47. The predicted molar refractivity (Wildman–Crippen MR) is 66.3 cm³/mol. The van der Waals surface area contributed by atoms with Crippen molar-refractivity contribution in [2.45, 2.75) is 12.8 Å². The summed E-state index contributed by atoms with van der Waals surface area (Å²) in [5.41, 5.74) is 0.751. The summed E-state index contributed by atoms with van der Waals surface area (Å²) in [6.07, 6.45) is 6.32. The van der Waals surface area contributed by atoms with Gasteiger partial charge in [-0.1, -0.05) is 0 Å². The lowest BCUT2D eigenvalue weighted by atomic mass is 9.65. The zero-order valence-electron chi connectivity index (χ0n) is 9.61. The van der Waals surface area contributed by atoms with Gasteiger partial charge in [0.2, 0.25) is 0 Å². The summed E-state index contributed by atoms with van der Waals surface area (Å²) in [5, 5.41) is 0. The second-order valence-corrected chi connectivity index (χ2v) is 3.99. The minimum Gasteiger partial charge on any atom is -0.544 e. The van der Waals surface area contributed by atoms with Gasteiger partial charge in [0.25, 0.3) is 5.95 Å². The smallest absolute Gasteiger partial charge is 0.474 e. The standard InChI is InChI=1S/C10H8B2N3O3/c1-6(16)2-3-7-4-13-10(14-5-7)15-9-12(18-9)8-11-17-8/h2-5,8H,1H3/b3-2+,15-9+. The van der Waals surface area contributed by atoms with Crippen molar-refractivity contribution in [3.63, 3.8) is 0 Å². The Morgan fingerprint density at radius 3 is 2.89 bits per heavy atom. The predicted octanol–water partition coefficient (Wildman–Crippen LogP) is 0.184. The first-order valence-electron chi connectivity index (χ1n) is 5.47.